The second-order valence-electron chi connectivity index (χ2n) is 4.08. The van der Waals surface area contributed by atoms with Gasteiger partial charge in [0.05, 0.1) is 7.11 Å². The van der Waals surface area contributed by atoms with Crippen molar-refractivity contribution in [2.24, 2.45) is 5.92 Å². The van der Waals surface area contributed by atoms with E-state index in [1.54, 1.807) is 19.4 Å². The molecule has 2 rings (SSSR count). The molecule has 2 unspecified atom stereocenters. The van der Waals surface area contributed by atoms with Gasteiger partial charge >= 0.3 is 0 Å². The molecule has 0 saturated heterocycles. The molecule has 1 aliphatic rings. The van der Waals surface area contributed by atoms with E-state index in [9.17, 15) is 0 Å². The van der Waals surface area contributed by atoms with Crippen LogP contribution in [0.25, 0.3) is 0 Å². The van der Waals surface area contributed by atoms with Crippen molar-refractivity contribution in [3.63, 3.8) is 0 Å². The molecule has 1 aliphatic carbocycles. The first-order chi connectivity index (χ1) is 7.78. The predicted molar refractivity (Wildman–Crippen MR) is 64.1 cm³/mol. The van der Waals surface area contributed by atoms with Crippen LogP contribution in [0.15, 0.2) is 12.3 Å². The molecule has 0 amide bonds. The number of anilines is 1. The number of aromatic nitrogens is 2. The summed E-state index contributed by atoms with van der Waals surface area (Å²) >= 11 is 6.06. The van der Waals surface area contributed by atoms with Gasteiger partial charge in [-0.2, -0.15) is 4.98 Å². The number of alkyl halides is 1. The van der Waals surface area contributed by atoms with E-state index in [-0.39, 0.29) is 0 Å². The van der Waals surface area contributed by atoms with Crippen molar-refractivity contribution >= 4 is 17.5 Å². The second-order valence-corrected chi connectivity index (χ2v) is 4.70. The lowest BCUT2D eigenvalue weighted by Crippen LogP contribution is -2.13. The third-order valence-electron chi connectivity index (χ3n) is 2.87. The lowest BCUT2D eigenvalue weighted by molar-refractivity contribution is 0.397. The molecule has 1 aromatic rings. The molecular formula is C11H16ClN3O. The van der Waals surface area contributed by atoms with Gasteiger partial charge in [0.15, 0.2) is 0 Å². The maximum Gasteiger partial charge on any atom is 0.225 e. The minimum Gasteiger partial charge on any atom is -0.481 e. The summed E-state index contributed by atoms with van der Waals surface area (Å²) in [6.45, 7) is 0.885. The fourth-order valence-electron chi connectivity index (χ4n) is 1.98. The summed E-state index contributed by atoms with van der Waals surface area (Å²) in [5, 5.41) is 3.57. The molecule has 5 heteroatoms. The van der Waals surface area contributed by atoms with Crippen LogP contribution in [0.4, 0.5) is 5.95 Å². The molecule has 0 bridgehead atoms. The number of halogens is 1. The standard InChI is InChI=1S/C11H16ClN3O/c1-16-10-4-5-13-11(15-10)14-7-8-2-3-9(12)6-8/h4-5,8-9H,2-3,6-7H2,1H3,(H,13,14,15). The summed E-state index contributed by atoms with van der Waals surface area (Å²) in [6, 6.07) is 1.73. The minimum absolute atomic E-state index is 0.345. The van der Waals surface area contributed by atoms with Crippen LogP contribution in [-0.4, -0.2) is 29.0 Å². The van der Waals surface area contributed by atoms with E-state index in [1.807, 2.05) is 0 Å². The minimum atomic E-state index is 0.345. The Labute approximate surface area is 100 Å². The molecule has 2 atom stereocenters. The molecule has 1 N–H and O–H groups in total. The molecule has 4 nitrogen and oxygen atoms in total. The molecule has 0 radical (unpaired) electrons. The highest BCUT2D eigenvalue weighted by molar-refractivity contribution is 6.20. The van der Waals surface area contributed by atoms with Crippen LogP contribution in [0.3, 0.4) is 0 Å². The molecule has 1 aromatic heterocycles. The SMILES string of the molecule is COc1ccnc(NCC2CCC(Cl)C2)n1. The monoisotopic (exact) mass is 241 g/mol. The van der Waals surface area contributed by atoms with Gasteiger partial charge in [0.25, 0.3) is 0 Å². The first-order valence-corrected chi connectivity index (χ1v) is 5.96. The topological polar surface area (TPSA) is 47.0 Å². The Morgan fingerprint density at radius 2 is 2.44 bits per heavy atom. The number of methoxy groups -OCH3 is 1. The fourth-order valence-corrected chi connectivity index (χ4v) is 2.35. The highest BCUT2D eigenvalue weighted by Crippen LogP contribution is 2.29. The highest BCUT2D eigenvalue weighted by atomic mass is 35.5. The largest absolute Gasteiger partial charge is 0.481 e. The van der Waals surface area contributed by atoms with Crippen LogP contribution < -0.4 is 10.1 Å². The number of nitrogens with zero attached hydrogens (tertiary/aromatic N) is 2. The number of nitrogens with one attached hydrogen (secondary N) is 1. The van der Waals surface area contributed by atoms with Crippen LogP contribution in [0, 0.1) is 5.92 Å². The van der Waals surface area contributed by atoms with Gasteiger partial charge in [-0.15, -0.1) is 11.6 Å². The lowest BCUT2D eigenvalue weighted by atomic mass is 10.1. The first kappa shape index (κ1) is 11.5. The molecule has 1 fully saturated rings. The molecule has 1 saturated carbocycles. The van der Waals surface area contributed by atoms with Crippen molar-refractivity contribution in [2.75, 3.05) is 19.0 Å². The van der Waals surface area contributed by atoms with E-state index in [0.717, 1.165) is 19.4 Å². The maximum absolute atomic E-state index is 6.06. The zero-order valence-electron chi connectivity index (χ0n) is 9.32. The zero-order valence-corrected chi connectivity index (χ0v) is 10.1. The maximum atomic E-state index is 6.06. The molecule has 0 spiro atoms. The summed E-state index contributed by atoms with van der Waals surface area (Å²) in [5.74, 6) is 1.84. The quantitative estimate of drug-likeness (QED) is 0.822. The van der Waals surface area contributed by atoms with Gasteiger partial charge in [-0.3, -0.25) is 0 Å². The third kappa shape index (κ3) is 2.98. The van der Waals surface area contributed by atoms with Crippen molar-refractivity contribution < 1.29 is 4.74 Å². The molecule has 88 valence electrons. The van der Waals surface area contributed by atoms with E-state index in [2.05, 4.69) is 15.3 Å². The van der Waals surface area contributed by atoms with Crippen LogP contribution in [-0.2, 0) is 0 Å². The van der Waals surface area contributed by atoms with Gasteiger partial charge in [-0.05, 0) is 25.2 Å². The smallest absolute Gasteiger partial charge is 0.225 e. The van der Waals surface area contributed by atoms with Gasteiger partial charge < -0.3 is 10.1 Å². The zero-order chi connectivity index (χ0) is 11.4. The summed E-state index contributed by atoms with van der Waals surface area (Å²) in [6.07, 6.45) is 5.07. The van der Waals surface area contributed by atoms with Crippen molar-refractivity contribution in [3.05, 3.63) is 12.3 Å². The van der Waals surface area contributed by atoms with Crippen molar-refractivity contribution in [3.8, 4) is 5.88 Å². The van der Waals surface area contributed by atoms with Crippen LogP contribution in [0.1, 0.15) is 19.3 Å². The molecular weight excluding hydrogens is 226 g/mol. The molecule has 0 aliphatic heterocycles. The first-order valence-electron chi connectivity index (χ1n) is 5.53. The molecule has 1 heterocycles. The van der Waals surface area contributed by atoms with Gasteiger partial charge in [-0.1, -0.05) is 0 Å². The third-order valence-corrected chi connectivity index (χ3v) is 3.26. The average Bonchev–Trinajstić information content (AvgIpc) is 2.73. The van der Waals surface area contributed by atoms with Crippen molar-refractivity contribution in [2.45, 2.75) is 24.6 Å². The summed E-state index contributed by atoms with van der Waals surface area (Å²) in [5.41, 5.74) is 0. The normalized spacial score (nSPS) is 24.4. The Kier molecular flexibility index (Phi) is 3.83. The molecule has 0 aromatic carbocycles. The number of hydrogen-bond donors (Lipinski definition) is 1. The Balaban J connectivity index is 1.84. The summed E-state index contributed by atoms with van der Waals surface area (Å²) in [4.78, 5) is 8.33. The van der Waals surface area contributed by atoms with Crippen LogP contribution in [0.2, 0.25) is 0 Å². The number of rotatable bonds is 4. The average molecular weight is 242 g/mol. The van der Waals surface area contributed by atoms with Gasteiger partial charge in [0, 0.05) is 24.2 Å². The van der Waals surface area contributed by atoms with Gasteiger partial charge in [0.2, 0.25) is 11.8 Å². The van der Waals surface area contributed by atoms with E-state index < -0.39 is 0 Å². The van der Waals surface area contributed by atoms with E-state index in [4.69, 9.17) is 16.3 Å². The van der Waals surface area contributed by atoms with E-state index in [0.29, 0.717) is 23.1 Å². The number of hydrogen-bond acceptors (Lipinski definition) is 4. The van der Waals surface area contributed by atoms with Crippen molar-refractivity contribution in [1.82, 2.24) is 9.97 Å². The summed E-state index contributed by atoms with van der Waals surface area (Å²) in [7, 11) is 1.60. The van der Waals surface area contributed by atoms with Gasteiger partial charge in [-0.25, -0.2) is 4.98 Å². The second kappa shape index (κ2) is 5.34. The summed E-state index contributed by atoms with van der Waals surface area (Å²) < 4.78 is 5.03. The van der Waals surface area contributed by atoms with Crippen molar-refractivity contribution in [1.29, 1.82) is 0 Å². The van der Waals surface area contributed by atoms with E-state index >= 15 is 0 Å². The van der Waals surface area contributed by atoms with Crippen LogP contribution >= 0.6 is 11.6 Å². The van der Waals surface area contributed by atoms with Crippen LogP contribution in [0.5, 0.6) is 5.88 Å². The fraction of sp³-hybridized carbons (Fsp3) is 0.636. The molecule has 16 heavy (non-hydrogen) atoms. The van der Waals surface area contributed by atoms with Gasteiger partial charge in [0.1, 0.15) is 0 Å². The Hall–Kier alpha value is -1.03. The highest BCUT2D eigenvalue weighted by Gasteiger charge is 2.22. The predicted octanol–water partition coefficient (Wildman–Crippen LogP) is 2.30. The lowest BCUT2D eigenvalue weighted by Gasteiger charge is -2.10. The Morgan fingerprint density at radius 1 is 1.56 bits per heavy atom. The number of ether oxygens (including phenoxy) is 1. The Bertz CT molecular complexity index is 348. The van der Waals surface area contributed by atoms with E-state index in [1.165, 1.54) is 6.42 Å². The Morgan fingerprint density at radius 3 is 3.12 bits per heavy atom.